The van der Waals surface area contributed by atoms with E-state index in [1.165, 1.54) is 0 Å². The highest BCUT2D eigenvalue weighted by Gasteiger charge is 2.19. The first-order valence-corrected chi connectivity index (χ1v) is 4.72. The third-order valence-electron chi connectivity index (χ3n) is 2.08. The molecule has 1 aliphatic carbocycles. The van der Waals surface area contributed by atoms with Gasteiger partial charge >= 0.3 is 0 Å². The number of ether oxygens (including phenoxy) is 1. The molecule has 0 heterocycles. The Bertz CT molecular complexity index is 99.5. The maximum Gasteiger partial charge on any atom is 0.0592 e. The fourth-order valence-electron chi connectivity index (χ4n) is 1.42. The zero-order valence-electron chi connectivity index (χ0n) is 6.76. The van der Waals surface area contributed by atoms with Crippen LogP contribution in [-0.2, 0) is 4.74 Å². The highest BCUT2D eigenvalue weighted by Crippen LogP contribution is 2.24. The summed E-state index contributed by atoms with van der Waals surface area (Å²) in [6.07, 6.45) is 4.82. The lowest BCUT2D eigenvalue weighted by atomic mass is 9.97. The van der Waals surface area contributed by atoms with Crippen molar-refractivity contribution >= 4 is 11.6 Å². The Labute approximate surface area is 73.0 Å². The topological polar surface area (TPSA) is 35.2 Å². The van der Waals surface area contributed by atoms with E-state index in [9.17, 15) is 0 Å². The largest absolute Gasteiger partial charge is 0.377 e. The average Bonchev–Trinajstić information content (AvgIpc) is 2.04. The van der Waals surface area contributed by atoms with Gasteiger partial charge in [-0.25, -0.2) is 0 Å². The summed E-state index contributed by atoms with van der Waals surface area (Å²) in [5, 5.41) is 0.382. The van der Waals surface area contributed by atoms with Crippen molar-refractivity contribution in [3.63, 3.8) is 0 Å². The van der Waals surface area contributed by atoms with Crippen LogP contribution in [0.25, 0.3) is 0 Å². The van der Waals surface area contributed by atoms with Crippen LogP contribution in [0.5, 0.6) is 0 Å². The molecule has 0 saturated heterocycles. The van der Waals surface area contributed by atoms with Crippen molar-refractivity contribution in [3.8, 4) is 0 Å². The molecule has 11 heavy (non-hydrogen) atoms. The van der Waals surface area contributed by atoms with Gasteiger partial charge in [-0.15, -0.1) is 11.6 Å². The first-order valence-electron chi connectivity index (χ1n) is 4.28. The van der Waals surface area contributed by atoms with Crippen LogP contribution in [-0.4, -0.2) is 24.6 Å². The summed E-state index contributed by atoms with van der Waals surface area (Å²) in [5.74, 6) is 0. The van der Waals surface area contributed by atoms with Crippen molar-refractivity contribution in [2.75, 3.05) is 13.2 Å². The van der Waals surface area contributed by atoms with Crippen molar-refractivity contribution in [2.24, 2.45) is 5.73 Å². The quantitative estimate of drug-likeness (QED) is 0.664. The molecule has 0 aromatic carbocycles. The molecule has 0 amide bonds. The molecule has 0 aliphatic heterocycles. The third kappa shape index (κ3) is 3.41. The predicted molar refractivity (Wildman–Crippen MR) is 46.9 cm³/mol. The highest BCUT2D eigenvalue weighted by atomic mass is 35.5. The van der Waals surface area contributed by atoms with Crippen LogP contribution in [0.3, 0.4) is 0 Å². The van der Waals surface area contributed by atoms with E-state index in [1.54, 1.807) is 0 Å². The summed E-state index contributed by atoms with van der Waals surface area (Å²) < 4.78 is 5.50. The van der Waals surface area contributed by atoms with Crippen LogP contribution in [0.15, 0.2) is 0 Å². The van der Waals surface area contributed by atoms with E-state index in [0.29, 0.717) is 24.6 Å². The van der Waals surface area contributed by atoms with Crippen LogP contribution < -0.4 is 5.73 Å². The lowest BCUT2D eigenvalue weighted by molar-refractivity contribution is 0.0340. The number of nitrogens with two attached hydrogens (primary N) is 1. The van der Waals surface area contributed by atoms with Gasteiger partial charge in [0.1, 0.15) is 0 Å². The van der Waals surface area contributed by atoms with Gasteiger partial charge in [-0.3, -0.25) is 0 Å². The van der Waals surface area contributed by atoms with Crippen LogP contribution >= 0.6 is 11.6 Å². The normalized spacial score (nSPS) is 32.2. The summed E-state index contributed by atoms with van der Waals surface area (Å²) in [6, 6.07) is 0. The Hall–Kier alpha value is 0.210. The van der Waals surface area contributed by atoms with E-state index < -0.39 is 0 Å². The van der Waals surface area contributed by atoms with Crippen LogP contribution in [0.2, 0.25) is 0 Å². The molecule has 2 nitrogen and oxygen atoms in total. The molecule has 0 atom stereocenters. The maximum atomic E-state index is 5.94. The Balaban J connectivity index is 2.07. The van der Waals surface area contributed by atoms with E-state index >= 15 is 0 Å². The summed E-state index contributed by atoms with van der Waals surface area (Å²) in [6.45, 7) is 1.32. The van der Waals surface area contributed by atoms with E-state index in [1.807, 2.05) is 0 Å². The zero-order valence-corrected chi connectivity index (χ0v) is 7.52. The van der Waals surface area contributed by atoms with Crippen LogP contribution in [0, 0.1) is 0 Å². The Morgan fingerprint density at radius 2 is 1.91 bits per heavy atom. The number of hydrogen-bond donors (Lipinski definition) is 1. The SMILES string of the molecule is NCCOC1CCC(Cl)CC1. The van der Waals surface area contributed by atoms with E-state index in [0.717, 1.165) is 25.7 Å². The Morgan fingerprint density at radius 3 is 2.45 bits per heavy atom. The van der Waals surface area contributed by atoms with Crippen molar-refractivity contribution in [2.45, 2.75) is 37.2 Å². The molecule has 66 valence electrons. The third-order valence-corrected chi connectivity index (χ3v) is 2.51. The number of alkyl halides is 1. The Kier molecular flexibility index (Phi) is 4.20. The molecule has 1 aliphatic rings. The second-order valence-electron chi connectivity index (χ2n) is 3.03. The summed E-state index contributed by atoms with van der Waals surface area (Å²) in [5.41, 5.74) is 5.32. The highest BCUT2D eigenvalue weighted by molar-refractivity contribution is 6.20. The Morgan fingerprint density at radius 1 is 1.27 bits per heavy atom. The van der Waals surface area contributed by atoms with Crippen LogP contribution in [0.1, 0.15) is 25.7 Å². The average molecular weight is 178 g/mol. The first-order chi connectivity index (χ1) is 5.33. The van der Waals surface area contributed by atoms with Crippen molar-refractivity contribution in [3.05, 3.63) is 0 Å². The minimum absolute atomic E-state index is 0.382. The second-order valence-corrected chi connectivity index (χ2v) is 3.65. The van der Waals surface area contributed by atoms with Crippen LogP contribution in [0.4, 0.5) is 0 Å². The molecule has 0 unspecified atom stereocenters. The monoisotopic (exact) mass is 177 g/mol. The molecule has 2 N–H and O–H groups in total. The van der Waals surface area contributed by atoms with Gasteiger partial charge in [0.05, 0.1) is 12.7 Å². The zero-order chi connectivity index (χ0) is 8.10. The molecule has 3 heteroatoms. The lowest BCUT2D eigenvalue weighted by Gasteiger charge is -2.24. The minimum Gasteiger partial charge on any atom is -0.377 e. The van der Waals surface area contributed by atoms with E-state index in [2.05, 4.69) is 0 Å². The van der Waals surface area contributed by atoms with Gasteiger partial charge in [0.15, 0.2) is 0 Å². The molecule has 1 fully saturated rings. The van der Waals surface area contributed by atoms with Crippen molar-refractivity contribution in [1.82, 2.24) is 0 Å². The summed E-state index contributed by atoms with van der Waals surface area (Å²) in [4.78, 5) is 0. The molecule has 0 aromatic heterocycles. The molecule has 0 spiro atoms. The van der Waals surface area contributed by atoms with Gasteiger partial charge in [0.2, 0.25) is 0 Å². The standard InChI is InChI=1S/C8H16ClNO/c9-7-1-3-8(4-2-7)11-6-5-10/h7-8H,1-6,10H2. The number of rotatable bonds is 3. The molecule has 0 aromatic rings. The molecular weight excluding hydrogens is 162 g/mol. The fourth-order valence-corrected chi connectivity index (χ4v) is 1.68. The molecular formula is C8H16ClNO. The number of hydrogen-bond acceptors (Lipinski definition) is 2. The molecule has 1 rings (SSSR count). The molecule has 0 bridgehead atoms. The van der Waals surface area contributed by atoms with E-state index in [4.69, 9.17) is 22.1 Å². The minimum atomic E-state index is 0.382. The van der Waals surface area contributed by atoms with Gasteiger partial charge in [-0.1, -0.05) is 0 Å². The van der Waals surface area contributed by atoms with Crippen molar-refractivity contribution in [1.29, 1.82) is 0 Å². The van der Waals surface area contributed by atoms with Gasteiger partial charge in [-0.05, 0) is 25.7 Å². The fraction of sp³-hybridized carbons (Fsp3) is 1.00. The van der Waals surface area contributed by atoms with E-state index in [-0.39, 0.29) is 0 Å². The van der Waals surface area contributed by atoms with Crippen molar-refractivity contribution < 1.29 is 4.74 Å². The summed E-state index contributed by atoms with van der Waals surface area (Å²) >= 11 is 5.94. The lowest BCUT2D eigenvalue weighted by Crippen LogP contribution is -2.24. The molecule has 1 saturated carbocycles. The molecule has 0 radical (unpaired) electrons. The smallest absolute Gasteiger partial charge is 0.0592 e. The second kappa shape index (κ2) is 4.96. The van der Waals surface area contributed by atoms with Gasteiger partial charge in [-0.2, -0.15) is 0 Å². The number of halogens is 1. The predicted octanol–water partition coefficient (Wildman–Crippen LogP) is 1.51. The van der Waals surface area contributed by atoms with Gasteiger partial charge in [0.25, 0.3) is 0 Å². The van der Waals surface area contributed by atoms with Gasteiger partial charge in [0, 0.05) is 11.9 Å². The summed E-state index contributed by atoms with van der Waals surface area (Å²) in [7, 11) is 0. The maximum absolute atomic E-state index is 5.94. The van der Waals surface area contributed by atoms with Gasteiger partial charge < -0.3 is 10.5 Å². The first kappa shape index (κ1) is 9.30.